The third-order valence-corrected chi connectivity index (χ3v) is 1.95. The van der Waals surface area contributed by atoms with Crippen LogP contribution in [0.4, 0.5) is 0 Å². The Morgan fingerprint density at radius 1 is 1.38 bits per heavy atom. The SMILES string of the molecule is NC(=O)C(S)OC(=O)c1ccccc1O.[NaH]. The zero-order valence-corrected chi connectivity index (χ0v) is 8.48. The second kappa shape index (κ2) is 6.80. The van der Waals surface area contributed by atoms with Crippen LogP contribution in [0, 0.1) is 0 Å². The molecule has 0 aromatic heterocycles. The number of rotatable bonds is 3. The van der Waals surface area contributed by atoms with Crippen molar-refractivity contribution in [1.82, 2.24) is 0 Å². The Hall–Kier alpha value is -0.690. The van der Waals surface area contributed by atoms with Crippen LogP contribution in [0.15, 0.2) is 24.3 Å². The molecule has 82 valence electrons. The molecule has 1 atom stereocenters. The molecule has 0 spiro atoms. The monoisotopic (exact) mass is 251 g/mol. The van der Waals surface area contributed by atoms with Crippen molar-refractivity contribution < 1.29 is 19.4 Å². The van der Waals surface area contributed by atoms with Crippen molar-refractivity contribution in [1.29, 1.82) is 0 Å². The van der Waals surface area contributed by atoms with Gasteiger partial charge in [-0.15, -0.1) is 12.6 Å². The van der Waals surface area contributed by atoms with Gasteiger partial charge in [0.25, 0.3) is 5.91 Å². The number of esters is 1. The molecule has 0 radical (unpaired) electrons. The number of aromatic hydroxyl groups is 1. The van der Waals surface area contributed by atoms with E-state index in [9.17, 15) is 14.7 Å². The van der Waals surface area contributed by atoms with E-state index in [1.165, 1.54) is 12.1 Å². The Labute approximate surface area is 120 Å². The molecular formula is C9H10NNaO4S. The van der Waals surface area contributed by atoms with E-state index < -0.39 is 17.3 Å². The Morgan fingerprint density at radius 3 is 2.44 bits per heavy atom. The van der Waals surface area contributed by atoms with Crippen molar-refractivity contribution in [3.63, 3.8) is 0 Å². The zero-order chi connectivity index (χ0) is 11.4. The fourth-order valence-corrected chi connectivity index (χ4v) is 0.965. The Morgan fingerprint density at radius 2 is 1.94 bits per heavy atom. The number of amides is 1. The molecule has 1 aromatic carbocycles. The van der Waals surface area contributed by atoms with Crippen molar-refractivity contribution in [2.45, 2.75) is 5.44 Å². The molecular weight excluding hydrogens is 241 g/mol. The molecule has 7 heteroatoms. The minimum absolute atomic E-state index is 0. The average molecular weight is 251 g/mol. The van der Waals surface area contributed by atoms with E-state index in [1.807, 2.05) is 0 Å². The van der Waals surface area contributed by atoms with Gasteiger partial charge >= 0.3 is 35.5 Å². The number of para-hydroxylation sites is 1. The van der Waals surface area contributed by atoms with Crippen molar-refractivity contribution in [2.75, 3.05) is 0 Å². The van der Waals surface area contributed by atoms with Crippen LogP contribution in [0.3, 0.4) is 0 Å². The summed E-state index contributed by atoms with van der Waals surface area (Å²) in [6, 6.07) is 5.79. The molecule has 3 N–H and O–H groups in total. The topological polar surface area (TPSA) is 89.6 Å². The molecule has 0 fully saturated rings. The van der Waals surface area contributed by atoms with Gasteiger partial charge in [0.05, 0.1) is 0 Å². The molecule has 1 aromatic rings. The Balaban J connectivity index is 0.00000225. The van der Waals surface area contributed by atoms with E-state index in [1.54, 1.807) is 12.1 Å². The van der Waals surface area contributed by atoms with Crippen molar-refractivity contribution in [3.05, 3.63) is 29.8 Å². The van der Waals surface area contributed by atoms with Crippen LogP contribution in [0.25, 0.3) is 0 Å². The number of hydrogen-bond acceptors (Lipinski definition) is 5. The maximum absolute atomic E-state index is 11.3. The van der Waals surface area contributed by atoms with Crippen LogP contribution in [-0.2, 0) is 9.53 Å². The van der Waals surface area contributed by atoms with E-state index in [-0.39, 0.29) is 40.9 Å². The second-order valence-electron chi connectivity index (χ2n) is 2.68. The fourth-order valence-electron chi connectivity index (χ4n) is 0.869. The van der Waals surface area contributed by atoms with Gasteiger partial charge in [0.2, 0.25) is 5.44 Å². The molecule has 16 heavy (non-hydrogen) atoms. The Kier molecular flexibility index (Phi) is 6.51. The minimum atomic E-state index is -1.32. The van der Waals surface area contributed by atoms with Crippen molar-refractivity contribution in [3.8, 4) is 5.75 Å². The number of hydrogen-bond donors (Lipinski definition) is 3. The summed E-state index contributed by atoms with van der Waals surface area (Å²) in [7, 11) is 0. The van der Waals surface area contributed by atoms with Crippen LogP contribution in [0.1, 0.15) is 10.4 Å². The average Bonchev–Trinajstić information content (AvgIpc) is 2.18. The first-order valence-electron chi connectivity index (χ1n) is 3.98. The van der Waals surface area contributed by atoms with Gasteiger partial charge in [-0.25, -0.2) is 4.79 Å². The number of benzene rings is 1. The van der Waals surface area contributed by atoms with Gasteiger partial charge in [-0.2, -0.15) is 0 Å². The summed E-state index contributed by atoms with van der Waals surface area (Å²) < 4.78 is 4.57. The number of ether oxygens (including phenoxy) is 1. The number of carbonyl (C=O) groups is 2. The first kappa shape index (κ1) is 15.3. The van der Waals surface area contributed by atoms with Gasteiger partial charge < -0.3 is 15.6 Å². The normalized spacial score (nSPS) is 11.1. The first-order valence-corrected chi connectivity index (χ1v) is 4.50. The number of primary amides is 1. The van der Waals surface area contributed by atoms with Gasteiger partial charge in [-0.3, -0.25) is 4.79 Å². The van der Waals surface area contributed by atoms with E-state index in [4.69, 9.17) is 5.73 Å². The molecule has 0 saturated heterocycles. The van der Waals surface area contributed by atoms with Crippen molar-refractivity contribution >= 4 is 54.1 Å². The summed E-state index contributed by atoms with van der Waals surface area (Å²) >= 11 is 3.65. The fraction of sp³-hybridized carbons (Fsp3) is 0.111. The predicted octanol–water partition coefficient (Wildman–Crippen LogP) is -0.358. The number of phenols is 1. The first-order chi connectivity index (χ1) is 7.02. The quantitative estimate of drug-likeness (QED) is 0.296. The molecule has 0 aliphatic carbocycles. The Bertz CT molecular complexity index is 399. The van der Waals surface area contributed by atoms with Gasteiger partial charge in [-0.05, 0) is 12.1 Å². The van der Waals surface area contributed by atoms with E-state index >= 15 is 0 Å². The van der Waals surface area contributed by atoms with Gasteiger partial charge in [-0.1, -0.05) is 12.1 Å². The van der Waals surface area contributed by atoms with Gasteiger partial charge in [0.1, 0.15) is 11.3 Å². The molecule has 1 amide bonds. The van der Waals surface area contributed by atoms with E-state index in [2.05, 4.69) is 17.4 Å². The van der Waals surface area contributed by atoms with Gasteiger partial charge in [0, 0.05) is 0 Å². The maximum atomic E-state index is 11.3. The molecule has 0 saturated carbocycles. The van der Waals surface area contributed by atoms with E-state index in [0.717, 1.165) is 0 Å². The third kappa shape index (κ3) is 4.05. The van der Waals surface area contributed by atoms with Crippen LogP contribution in [-0.4, -0.2) is 52.0 Å². The molecule has 0 bridgehead atoms. The van der Waals surface area contributed by atoms with Gasteiger partial charge in [0.15, 0.2) is 0 Å². The molecule has 0 aliphatic heterocycles. The summed E-state index contributed by atoms with van der Waals surface area (Å²) in [4.78, 5) is 21.9. The number of thiol groups is 1. The van der Waals surface area contributed by atoms with Crippen LogP contribution >= 0.6 is 12.6 Å². The van der Waals surface area contributed by atoms with Crippen LogP contribution in [0.5, 0.6) is 5.75 Å². The summed E-state index contributed by atoms with van der Waals surface area (Å²) in [6.45, 7) is 0. The van der Waals surface area contributed by atoms with E-state index in [0.29, 0.717) is 0 Å². The zero-order valence-electron chi connectivity index (χ0n) is 7.58. The number of nitrogens with two attached hydrogens (primary N) is 1. The molecule has 1 rings (SSSR count). The second-order valence-corrected chi connectivity index (χ2v) is 3.15. The third-order valence-electron chi connectivity index (χ3n) is 1.59. The number of phenolic OH excluding ortho intramolecular Hbond substituents is 1. The van der Waals surface area contributed by atoms with Crippen LogP contribution in [0.2, 0.25) is 0 Å². The van der Waals surface area contributed by atoms with Crippen LogP contribution < -0.4 is 5.73 Å². The molecule has 1 unspecified atom stereocenters. The summed E-state index contributed by atoms with van der Waals surface area (Å²) in [6.07, 6.45) is 0. The van der Waals surface area contributed by atoms with Crippen molar-refractivity contribution in [2.24, 2.45) is 5.73 Å². The summed E-state index contributed by atoms with van der Waals surface area (Å²) in [5.41, 5.74) is 3.48. The molecule has 5 nitrogen and oxygen atoms in total. The summed E-state index contributed by atoms with van der Waals surface area (Å²) in [5.74, 6) is -1.96. The molecule has 0 heterocycles. The standard InChI is InChI=1S/C9H9NO4S.Na.H/c10-7(12)9(15)14-8(13)5-3-1-2-4-6(5)11;;/h1-4,9,11,15H,(H2,10,12);;. The predicted molar refractivity (Wildman–Crippen MR) is 62.6 cm³/mol. The summed E-state index contributed by atoms with van der Waals surface area (Å²) in [5, 5.41) is 9.29. The molecule has 0 aliphatic rings. The number of carbonyl (C=O) groups excluding carboxylic acids is 2.